The zero-order valence-electron chi connectivity index (χ0n) is 13.0. The number of carbonyl (C=O) groups excluding carboxylic acids is 1. The molecule has 120 valence electrons. The number of rotatable bonds is 6. The first kappa shape index (κ1) is 16.4. The standard InChI is InChI=1S/C17H19N3O3/c1-12-3-6-14(7-4-12)18-11-17(22)20-19-10-13-5-8-15(21)16(9-13)23-2/h3-10,18,21H,11H2,1-2H3,(H,20,22)/b19-10+. The monoisotopic (exact) mass is 313 g/mol. The Labute approximate surface area is 134 Å². The predicted molar refractivity (Wildman–Crippen MR) is 90.1 cm³/mol. The van der Waals surface area contributed by atoms with E-state index in [0.29, 0.717) is 11.3 Å². The van der Waals surface area contributed by atoms with Gasteiger partial charge in [-0.05, 0) is 42.8 Å². The van der Waals surface area contributed by atoms with E-state index in [-0.39, 0.29) is 18.2 Å². The highest BCUT2D eigenvalue weighted by Gasteiger charge is 2.02. The van der Waals surface area contributed by atoms with Gasteiger partial charge in [0.1, 0.15) is 0 Å². The smallest absolute Gasteiger partial charge is 0.259 e. The SMILES string of the molecule is COc1cc(/C=N/NC(=O)CNc2ccc(C)cc2)ccc1O. The summed E-state index contributed by atoms with van der Waals surface area (Å²) in [7, 11) is 1.47. The third kappa shape index (κ3) is 5.03. The summed E-state index contributed by atoms with van der Waals surface area (Å²) in [6, 6.07) is 12.5. The van der Waals surface area contributed by atoms with Crippen LogP contribution < -0.4 is 15.5 Å². The first-order valence-corrected chi connectivity index (χ1v) is 7.08. The van der Waals surface area contributed by atoms with E-state index in [1.165, 1.54) is 19.4 Å². The first-order chi connectivity index (χ1) is 11.1. The van der Waals surface area contributed by atoms with E-state index in [4.69, 9.17) is 4.74 Å². The molecule has 0 aliphatic rings. The van der Waals surface area contributed by atoms with Crippen molar-refractivity contribution in [2.45, 2.75) is 6.92 Å². The van der Waals surface area contributed by atoms with Crippen molar-refractivity contribution in [3.05, 3.63) is 53.6 Å². The second kappa shape index (κ2) is 7.84. The molecule has 0 spiro atoms. The number of benzene rings is 2. The summed E-state index contributed by atoms with van der Waals surface area (Å²) in [5.41, 5.74) is 5.16. The largest absolute Gasteiger partial charge is 0.504 e. The number of phenols is 1. The van der Waals surface area contributed by atoms with E-state index in [1.807, 2.05) is 31.2 Å². The Bertz CT molecular complexity index is 697. The molecule has 2 rings (SSSR count). The number of anilines is 1. The van der Waals surface area contributed by atoms with Gasteiger partial charge in [-0.1, -0.05) is 17.7 Å². The number of hydrazone groups is 1. The molecule has 0 unspecified atom stereocenters. The topological polar surface area (TPSA) is 83.0 Å². The van der Waals surface area contributed by atoms with Gasteiger partial charge in [-0.25, -0.2) is 5.43 Å². The van der Waals surface area contributed by atoms with Crippen LogP contribution in [0.1, 0.15) is 11.1 Å². The van der Waals surface area contributed by atoms with Gasteiger partial charge in [-0.3, -0.25) is 4.79 Å². The zero-order chi connectivity index (χ0) is 16.7. The van der Waals surface area contributed by atoms with Crippen LogP contribution in [0, 0.1) is 6.92 Å². The molecule has 0 saturated carbocycles. The lowest BCUT2D eigenvalue weighted by Gasteiger charge is -2.05. The van der Waals surface area contributed by atoms with Crippen molar-refractivity contribution in [1.29, 1.82) is 0 Å². The van der Waals surface area contributed by atoms with Gasteiger partial charge in [0.2, 0.25) is 0 Å². The third-order valence-corrected chi connectivity index (χ3v) is 3.11. The Kier molecular flexibility index (Phi) is 5.57. The van der Waals surface area contributed by atoms with Crippen LogP contribution in [0.4, 0.5) is 5.69 Å². The second-order valence-corrected chi connectivity index (χ2v) is 4.94. The Morgan fingerprint density at radius 1 is 1.26 bits per heavy atom. The quantitative estimate of drug-likeness (QED) is 0.564. The van der Waals surface area contributed by atoms with Gasteiger partial charge in [-0.2, -0.15) is 5.10 Å². The highest BCUT2D eigenvalue weighted by atomic mass is 16.5. The lowest BCUT2D eigenvalue weighted by Crippen LogP contribution is -2.25. The molecule has 1 amide bonds. The summed E-state index contributed by atoms with van der Waals surface area (Å²) in [6.07, 6.45) is 1.48. The maximum Gasteiger partial charge on any atom is 0.259 e. The van der Waals surface area contributed by atoms with Crippen molar-refractivity contribution in [2.24, 2.45) is 5.10 Å². The summed E-state index contributed by atoms with van der Waals surface area (Å²) in [5.74, 6) is 0.143. The van der Waals surface area contributed by atoms with E-state index in [1.54, 1.807) is 12.1 Å². The van der Waals surface area contributed by atoms with Crippen LogP contribution >= 0.6 is 0 Å². The molecule has 0 aliphatic heterocycles. The molecule has 3 N–H and O–H groups in total. The first-order valence-electron chi connectivity index (χ1n) is 7.08. The minimum absolute atomic E-state index is 0.0518. The van der Waals surface area contributed by atoms with Gasteiger partial charge in [0.15, 0.2) is 11.5 Å². The van der Waals surface area contributed by atoms with Crippen LogP contribution in [-0.4, -0.2) is 30.9 Å². The van der Waals surface area contributed by atoms with Gasteiger partial charge in [0.05, 0.1) is 19.9 Å². The predicted octanol–water partition coefficient (Wildman–Crippen LogP) is 2.27. The van der Waals surface area contributed by atoms with Crippen LogP contribution in [0.3, 0.4) is 0 Å². The van der Waals surface area contributed by atoms with Crippen LogP contribution in [0.5, 0.6) is 11.5 Å². The Morgan fingerprint density at radius 3 is 2.70 bits per heavy atom. The molecule has 6 nitrogen and oxygen atoms in total. The molecule has 0 saturated heterocycles. The summed E-state index contributed by atoms with van der Waals surface area (Å²) in [6.45, 7) is 2.13. The molecular formula is C17H19N3O3. The number of aryl methyl sites for hydroxylation is 1. The van der Waals surface area contributed by atoms with Crippen molar-refractivity contribution in [3.8, 4) is 11.5 Å². The summed E-state index contributed by atoms with van der Waals surface area (Å²) in [4.78, 5) is 11.7. The van der Waals surface area contributed by atoms with Crippen molar-refractivity contribution in [1.82, 2.24) is 5.43 Å². The summed E-state index contributed by atoms with van der Waals surface area (Å²) < 4.78 is 5.00. The molecule has 0 aliphatic carbocycles. The normalized spacial score (nSPS) is 10.5. The average molecular weight is 313 g/mol. The number of carbonyl (C=O) groups is 1. The van der Waals surface area contributed by atoms with E-state index in [9.17, 15) is 9.90 Å². The maximum absolute atomic E-state index is 11.7. The fourth-order valence-corrected chi connectivity index (χ4v) is 1.85. The third-order valence-electron chi connectivity index (χ3n) is 3.11. The molecule has 0 radical (unpaired) electrons. The van der Waals surface area contributed by atoms with Crippen molar-refractivity contribution in [3.63, 3.8) is 0 Å². The maximum atomic E-state index is 11.7. The van der Waals surface area contributed by atoms with Crippen molar-refractivity contribution in [2.75, 3.05) is 19.0 Å². The number of aromatic hydroxyl groups is 1. The number of methoxy groups -OCH3 is 1. The van der Waals surface area contributed by atoms with Gasteiger partial charge in [0, 0.05) is 5.69 Å². The van der Waals surface area contributed by atoms with Crippen molar-refractivity contribution < 1.29 is 14.6 Å². The van der Waals surface area contributed by atoms with E-state index in [2.05, 4.69) is 15.8 Å². The molecule has 0 fully saturated rings. The Hall–Kier alpha value is -3.02. The van der Waals surface area contributed by atoms with E-state index >= 15 is 0 Å². The molecule has 2 aromatic carbocycles. The molecular weight excluding hydrogens is 294 g/mol. The minimum atomic E-state index is -0.257. The lowest BCUT2D eigenvalue weighted by atomic mass is 10.2. The fraction of sp³-hybridized carbons (Fsp3) is 0.176. The lowest BCUT2D eigenvalue weighted by molar-refractivity contribution is -0.119. The van der Waals surface area contributed by atoms with Crippen LogP contribution in [0.25, 0.3) is 0 Å². The number of nitrogens with zero attached hydrogens (tertiary/aromatic N) is 1. The van der Waals surface area contributed by atoms with Gasteiger partial charge in [0.25, 0.3) is 5.91 Å². The van der Waals surface area contributed by atoms with Crippen LogP contribution in [0.2, 0.25) is 0 Å². The average Bonchev–Trinajstić information content (AvgIpc) is 2.56. The Morgan fingerprint density at radius 2 is 2.00 bits per heavy atom. The molecule has 2 aromatic rings. The molecule has 6 heteroatoms. The van der Waals surface area contributed by atoms with E-state index < -0.39 is 0 Å². The molecule has 0 heterocycles. The molecule has 23 heavy (non-hydrogen) atoms. The zero-order valence-corrected chi connectivity index (χ0v) is 13.0. The summed E-state index contributed by atoms with van der Waals surface area (Å²) >= 11 is 0. The number of hydrogen-bond donors (Lipinski definition) is 3. The Balaban J connectivity index is 1.82. The number of nitrogens with one attached hydrogen (secondary N) is 2. The van der Waals surface area contributed by atoms with E-state index in [0.717, 1.165) is 11.3 Å². The van der Waals surface area contributed by atoms with Gasteiger partial charge >= 0.3 is 0 Å². The number of amides is 1. The van der Waals surface area contributed by atoms with Crippen molar-refractivity contribution >= 4 is 17.8 Å². The number of hydrogen-bond acceptors (Lipinski definition) is 5. The van der Waals surface area contributed by atoms with Crippen LogP contribution in [0.15, 0.2) is 47.6 Å². The molecule has 0 atom stereocenters. The minimum Gasteiger partial charge on any atom is -0.504 e. The molecule has 0 bridgehead atoms. The number of phenolic OH excluding ortho intramolecular Hbond substituents is 1. The molecule has 0 aromatic heterocycles. The van der Waals surface area contributed by atoms with Gasteiger partial charge in [-0.15, -0.1) is 0 Å². The van der Waals surface area contributed by atoms with Gasteiger partial charge < -0.3 is 15.2 Å². The fourth-order valence-electron chi connectivity index (χ4n) is 1.85. The second-order valence-electron chi connectivity index (χ2n) is 4.94. The summed E-state index contributed by atoms with van der Waals surface area (Å²) in [5, 5.41) is 16.4. The number of ether oxygens (including phenoxy) is 1. The van der Waals surface area contributed by atoms with Crippen LogP contribution in [-0.2, 0) is 4.79 Å². The highest BCUT2D eigenvalue weighted by molar-refractivity contribution is 5.84. The highest BCUT2D eigenvalue weighted by Crippen LogP contribution is 2.25.